The van der Waals surface area contributed by atoms with Gasteiger partial charge in [0, 0.05) is 38.9 Å². The van der Waals surface area contributed by atoms with Gasteiger partial charge in [0.1, 0.15) is 0 Å². The average molecular weight is 653 g/mol. The van der Waals surface area contributed by atoms with Gasteiger partial charge in [0.2, 0.25) is 0 Å². The number of aromatic nitrogens is 1. The molecule has 1 heterocycles. The standard InChI is InChI=1S/C49H36N2/c1-49(2)44-23-13-11-21-40(44)41-28-27-38(31-45(41)49)50(37-26-25-33-15-9-10-18-35(33)29-37)39-30-43(34-16-5-3-6-17-34)48-42-22-12-14-24-46(42)51(47(48)32-39)36-19-7-4-8-20-36/h3-32H,1-2H3. The number of hydrogen-bond acceptors (Lipinski definition) is 1. The summed E-state index contributed by atoms with van der Waals surface area (Å²) in [7, 11) is 0. The van der Waals surface area contributed by atoms with Gasteiger partial charge >= 0.3 is 0 Å². The van der Waals surface area contributed by atoms with E-state index in [1.165, 1.54) is 66.0 Å². The van der Waals surface area contributed by atoms with Crippen LogP contribution in [0.4, 0.5) is 17.1 Å². The molecule has 0 atom stereocenters. The fourth-order valence-electron chi connectivity index (χ4n) is 8.51. The van der Waals surface area contributed by atoms with Crippen molar-refractivity contribution >= 4 is 49.6 Å². The quantitative estimate of drug-likeness (QED) is 0.180. The Hall–Kier alpha value is -6.38. The van der Waals surface area contributed by atoms with Crippen molar-refractivity contribution in [2.45, 2.75) is 19.3 Å². The second-order valence-corrected chi connectivity index (χ2v) is 14.2. The topological polar surface area (TPSA) is 8.17 Å². The Morgan fingerprint density at radius 3 is 1.92 bits per heavy atom. The fraction of sp³-hybridized carbons (Fsp3) is 0.0612. The van der Waals surface area contributed by atoms with E-state index in [-0.39, 0.29) is 5.41 Å². The predicted molar refractivity (Wildman–Crippen MR) is 216 cm³/mol. The zero-order chi connectivity index (χ0) is 34.1. The van der Waals surface area contributed by atoms with E-state index in [1.54, 1.807) is 0 Å². The molecule has 10 rings (SSSR count). The van der Waals surface area contributed by atoms with Crippen molar-refractivity contribution in [1.82, 2.24) is 4.57 Å². The molecule has 1 aliphatic rings. The summed E-state index contributed by atoms with van der Waals surface area (Å²) < 4.78 is 2.43. The molecule has 0 amide bonds. The zero-order valence-corrected chi connectivity index (χ0v) is 28.7. The number of para-hydroxylation sites is 2. The molecule has 0 saturated carbocycles. The van der Waals surface area contributed by atoms with Gasteiger partial charge in [-0.1, -0.05) is 141 Å². The van der Waals surface area contributed by atoms with Crippen LogP contribution in [0.15, 0.2) is 182 Å². The highest BCUT2D eigenvalue weighted by Gasteiger charge is 2.36. The fourth-order valence-corrected chi connectivity index (χ4v) is 8.51. The third-order valence-corrected chi connectivity index (χ3v) is 10.9. The number of rotatable bonds is 5. The summed E-state index contributed by atoms with van der Waals surface area (Å²) >= 11 is 0. The molecular weight excluding hydrogens is 617 g/mol. The van der Waals surface area contributed by atoms with Crippen LogP contribution in [0.3, 0.4) is 0 Å². The van der Waals surface area contributed by atoms with E-state index in [1.807, 2.05) is 0 Å². The Morgan fingerprint density at radius 1 is 0.431 bits per heavy atom. The molecule has 0 fully saturated rings. The molecule has 1 aromatic heterocycles. The molecule has 0 N–H and O–H groups in total. The molecule has 0 saturated heterocycles. The third kappa shape index (κ3) is 4.57. The van der Waals surface area contributed by atoms with Crippen molar-refractivity contribution in [3.63, 3.8) is 0 Å². The lowest BCUT2D eigenvalue weighted by Gasteiger charge is -2.29. The summed E-state index contributed by atoms with van der Waals surface area (Å²) in [6.45, 7) is 4.72. The van der Waals surface area contributed by atoms with Gasteiger partial charge in [0.25, 0.3) is 0 Å². The van der Waals surface area contributed by atoms with Crippen LogP contribution < -0.4 is 4.90 Å². The van der Waals surface area contributed by atoms with Gasteiger partial charge in [0.05, 0.1) is 11.0 Å². The molecule has 2 heteroatoms. The summed E-state index contributed by atoms with van der Waals surface area (Å²) in [6, 6.07) is 66.7. The smallest absolute Gasteiger partial charge is 0.0568 e. The summed E-state index contributed by atoms with van der Waals surface area (Å²) in [5.74, 6) is 0. The summed E-state index contributed by atoms with van der Waals surface area (Å²) in [5, 5.41) is 4.96. The molecule has 0 spiro atoms. The van der Waals surface area contributed by atoms with E-state index in [0.29, 0.717) is 0 Å². The van der Waals surface area contributed by atoms with Crippen LogP contribution in [0.1, 0.15) is 25.0 Å². The average Bonchev–Trinajstić information content (AvgIpc) is 3.63. The Labute approximate surface area is 298 Å². The van der Waals surface area contributed by atoms with Crippen LogP contribution in [0.2, 0.25) is 0 Å². The van der Waals surface area contributed by atoms with Gasteiger partial charge in [-0.25, -0.2) is 0 Å². The first-order valence-corrected chi connectivity index (χ1v) is 17.8. The van der Waals surface area contributed by atoms with E-state index in [4.69, 9.17) is 0 Å². The minimum Gasteiger partial charge on any atom is -0.310 e. The van der Waals surface area contributed by atoms with E-state index < -0.39 is 0 Å². The molecule has 51 heavy (non-hydrogen) atoms. The maximum Gasteiger partial charge on any atom is 0.0568 e. The van der Waals surface area contributed by atoms with Crippen molar-refractivity contribution in [2.75, 3.05) is 4.90 Å². The van der Waals surface area contributed by atoms with Gasteiger partial charge in [-0.3, -0.25) is 0 Å². The second-order valence-electron chi connectivity index (χ2n) is 14.2. The summed E-state index contributed by atoms with van der Waals surface area (Å²) in [5.41, 5.74) is 14.6. The first kappa shape index (κ1) is 29.5. The molecule has 0 aliphatic heterocycles. The largest absolute Gasteiger partial charge is 0.310 e. The molecule has 242 valence electrons. The van der Waals surface area contributed by atoms with Crippen molar-refractivity contribution in [1.29, 1.82) is 0 Å². The minimum absolute atomic E-state index is 0.115. The lowest BCUT2D eigenvalue weighted by Crippen LogP contribution is -2.16. The number of hydrogen-bond donors (Lipinski definition) is 0. The SMILES string of the molecule is CC1(C)c2ccccc2-c2ccc(N(c3ccc4ccccc4c3)c3cc(-c4ccccc4)c4c5ccccc5n(-c5ccccc5)c4c3)cc21. The Kier molecular flexibility index (Phi) is 6.56. The molecule has 9 aromatic rings. The Bertz CT molecular complexity index is 2770. The maximum absolute atomic E-state index is 2.46. The highest BCUT2D eigenvalue weighted by molar-refractivity contribution is 6.17. The van der Waals surface area contributed by atoms with Crippen LogP contribution in [-0.4, -0.2) is 4.57 Å². The van der Waals surface area contributed by atoms with Crippen molar-refractivity contribution in [3.05, 3.63) is 193 Å². The molecular formula is C49H36N2. The molecule has 8 aromatic carbocycles. The Morgan fingerprint density at radius 2 is 1.08 bits per heavy atom. The minimum atomic E-state index is -0.115. The van der Waals surface area contributed by atoms with E-state index >= 15 is 0 Å². The van der Waals surface area contributed by atoms with Crippen LogP contribution in [0, 0.1) is 0 Å². The molecule has 0 radical (unpaired) electrons. The van der Waals surface area contributed by atoms with Crippen molar-refractivity contribution < 1.29 is 0 Å². The maximum atomic E-state index is 2.46. The number of fused-ring (bicyclic) bond motifs is 7. The van der Waals surface area contributed by atoms with Gasteiger partial charge in [-0.15, -0.1) is 0 Å². The van der Waals surface area contributed by atoms with Gasteiger partial charge in [-0.2, -0.15) is 0 Å². The first-order valence-electron chi connectivity index (χ1n) is 17.8. The molecule has 0 unspecified atom stereocenters. The third-order valence-electron chi connectivity index (χ3n) is 10.9. The van der Waals surface area contributed by atoms with E-state index in [2.05, 4.69) is 205 Å². The normalized spacial score (nSPS) is 13.1. The number of anilines is 3. The van der Waals surface area contributed by atoms with Gasteiger partial charge in [0.15, 0.2) is 0 Å². The highest BCUT2D eigenvalue weighted by atomic mass is 15.1. The van der Waals surface area contributed by atoms with Crippen LogP contribution in [0.5, 0.6) is 0 Å². The molecule has 0 bridgehead atoms. The van der Waals surface area contributed by atoms with Gasteiger partial charge < -0.3 is 9.47 Å². The number of nitrogens with zero attached hydrogens (tertiary/aromatic N) is 2. The zero-order valence-electron chi connectivity index (χ0n) is 28.7. The van der Waals surface area contributed by atoms with Crippen molar-refractivity contribution in [3.8, 4) is 27.9 Å². The van der Waals surface area contributed by atoms with Crippen LogP contribution >= 0.6 is 0 Å². The lowest BCUT2D eigenvalue weighted by molar-refractivity contribution is 0.660. The van der Waals surface area contributed by atoms with E-state index in [9.17, 15) is 0 Å². The van der Waals surface area contributed by atoms with Crippen molar-refractivity contribution in [2.24, 2.45) is 0 Å². The Balaban J connectivity index is 1.30. The van der Waals surface area contributed by atoms with E-state index in [0.717, 1.165) is 22.7 Å². The molecule has 1 aliphatic carbocycles. The highest BCUT2D eigenvalue weighted by Crippen LogP contribution is 2.51. The summed E-state index contributed by atoms with van der Waals surface area (Å²) in [4.78, 5) is 2.46. The van der Waals surface area contributed by atoms with Crippen LogP contribution in [-0.2, 0) is 5.41 Å². The van der Waals surface area contributed by atoms with Crippen LogP contribution in [0.25, 0.3) is 60.5 Å². The molecule has 2 nitrogen and oxygen atoms in total. The predicted octanol–water partition coefficient (Wildman–Crippen LogP) is 13.4. The first-order chi connectivity index (χ1) is 25.1. The summed E-state index contributed by atoms with van der Waals surface area (Å²) in [6.07, 6.45) is 0. The monoisotopic (exact) mass is 652 g/mol. The second kappa shape index (κ2) is 11.3. The lowest BCUT2D eigenvalue weighted by atomic mass is 9.82. The number of benzene rings is 8. The van der Waals surface area contributed by atoms with Gasteiger partial charge in [-0.05, 0) is 98.8 Å².